The third-order valence-corrected chi connectivity index (χ3v) is 7.06. The first-order chi connectivity index (χ1) is 16.4. The van der Waals surface area contributed by atoms with Crippen LogP contribution in [0.1, 0.15) is 17.2 Å². The van der Waals surface area contributed by atoms with Crippen LogP contribution in [0.5, 0.6) is 5.75 Å². The minimum atomic E-state index is -0.893. The summed E-state index contributed by atoms with van der Waals surface area (Å²) in [7, 11) is 1.57. The van der Waals surface area contributed by atoms with Crippen molar-refractivity contribution >= 4 is 67.3 Å². The summed E-state index contributed by atoms with van der Waals surface area (Å²) in [5.41, 5.74) is 1.60. The largest absolute Gasteiger partial charge is 0.507 e. The van der Waals surface area contributed by atoms with Crippen LogP contribution in [0.4, 0.5) is 5.13 Å². The molecule has 2 heterocycles. The molecule has 1 amide bonds. The van der Waals surface area contributed by atoms with Gasteiger partial charge in [0.15, 0.2) is 5.13 Å². The average Bonchev–Trinajstić information content (AvgIpc) is 3.37. The Morgan fingerprint density at radius 1 is 1.00 bits per heavy atom. The molecule has 1 saturated heterocycles. The van der Waals surface area contributed by atoms with Crippen LogP contribution >= 0.6 is 34.5 Å². The van der Waals surface area contributed by atoms with Gasteiger partial charge in [-0.15, -0.1) is 0 Å². The van der Waals surface area contributed by atoms with Crippen LogP contribution in [0.25, 0.3) is 16.0 Å². The molecule has 170 valence electrons. The smallest absolute Gasteiger partial charge is 0.301 e. The molecule has 0 aliphatic carbocycles. The van der Waals surface area contributed by atoms with Crippen LogP contribution in [0, 0.1) is 0 Å². The highest BCUT2D eigenvalue weighted by atomic mass is 35.5. The summed E-state index contributed by atoms with van der Waals surface area (Å²) in [5, 5.41) is 12.5. The number of thiazole rings is 1. The van der Waals surface area contributed by atoms with Crippen molar-refractivity contribution in [3.05, 3.63) is 93.5 Å². The number of rotatable bonds is 4. The van der Waals surface area contributed by atoms with Gasteiger partial charge in [0.25, 0.3) is 5.78 Å². The lowest BCUT2D eigenvalue weighted by molar-refractivity contribution is -0.132. The van der Waals surface area contributed by atoms with E-state index in [-0.39, 0.29) is 11.3 Å². The van der Waals surface area contributed by atoms with E-state index in [1.807, 2.05) is 6.07 Å². The number of nitrogens with zero attached hydrogens (tertiary/aromatic N) is 2. The number of aliphatic hydroxyl groups is 1. The maximum atomic E-state index is 13.3. The van der Waals surface area contributed by atoms with Crippen LogP contribution in [0.2, 0.25) is 10.0 Å². The van der Waals surface area contributed by atoms with Gasteiger partial charge in [-0.3, -0.25) is 14.5 Å². The Hall–Kier alpha value is -3.39. The lowest BCUT2D eigenvalue weighted by Crippen LogP contribution is -2.29. The number of methoxy groups -OCH3 is 1. The Morgan fingerprint density at radius 3 is 2.29 bits per heavy atom. The van der Waals surface area contributed by atoms with Crippen molar-refractivity contribution < 1.29 is 19.4 Å². The van der Waals surface area contributed by atoms with E-state index in [4.69, 9.17) is 27.9 Å². The molecule has 1 aliphatic rings. The number of aromatic nitrogens is 1. The predicted molar refractivity (Wildman–Crippen MR) is 134 cm³/mol. The van der Waals surface area contributed by atoms with Crippen molar-refractivity contribution in [2.75, 3.05) is 12.0 Å². The first kappa shape index (κ1) is 22.4. The molecule has 3 aromatic carbocycles. The summed E-state index contributed by atoms with van der Waals surface area (Å²) in [6.45, 7) is 0. The number of hydrogen-bond acceptors (Lipinski definition) is 6. The zero-order valence-electron chi connectivity index (χ0n) is 17.7. The molecule has 0 spiro atoms. The molecule has 5 rings (SSSR count). The number of halogens is 2. The molecule has 0 saturated carbocycles. The summed E-state index contributed by atoms with van der Waals surface area (Å²) in [5.74, 6) is -1.22. The second-order valence-electron chi connectivity index (χ2n) is 7.56. The van der Waals surface area contributed by atoms with Crippen molar-refractivity contribution in [1.29, 1.82) is 0 Å². The van der Waals surface area contributed by atoms with Gasteiger partial charge in [-0.25, -0.2) is 4.98 Å². The first-order valence-corrected chi connectivity index (χ1v) is 11.7. The molecule has 6 nitrogen and oxygen atoms in total. The number of anilines is 1. The van der Waals surface area contributed by atoms with Crippen LogP contribution < -0.4 is 9.64 Å². The molecule has 0 radical (unpaired) electrons. The lowest BCUT2D eigenvalue weighted by atomic mass is 9.95. The highest BCUT2D eigenvalue weighted by Crippen LogP contribution is 2.44. The van der Waals surface area contributed by atoms with E-state index in [0.717, 1.165) is 4.70 Å². The van der Waals surface area contributed by atoms with Gasteiger partial charge in [0.2, 0.25) is 0 Å². The zero-order chi connectivity index (χ0) is 24.0. The Kier molecular flexibility index (Phi) is 5.77. The third kappa shape index (κ3) is 3.81. The Morgan fingerprint density at radius 2 is 1.65 bits per heavy atom. The number of amides is 1. The highest BCUT2D eigenvalue weighted by Gasteiger charge is 2.48. The summed E-state index contributed by atoms with van der Waals surface area (Å²) in [6.07, 6.45) is 0. The van der Waals surface area contributed by atoms with E-state index in [1.54, 1.807) is 67.8 Å². The summed E-state index contributed by atoms with van der Waals surface area (Å²) < 4.78 is 6.08. The fourth-order valence-electron chi connectivity index (χ4n) is 3.88. The second-order valence-corrected chi connectivity index (χ2v) is 9.44. The van der Waals surface area contributed by atoms with Gasteiger partial charge >= 0.3 is 5.91 Å². The molecular formula is C25H16Cl2N2O4S. The van der Waals surface area contributed by atoms with Crippen molar-refractivity contribution in [2.45, 2.75) is 6.04 Å². The van der Waals surface area contributed by atoms with Crippen molar-refractivity contribution in [1.82, 2.24) is 4.98 Å². The molecule has 34 heavy (non-hydrogen) atoms. The molecule has 9 heteroatoms. The van der Waals surface area contributed by atoms with Gasteiger partial charge in [0.05, 0.1) is 28.9 Å². The maximum Gasteiger partial charge on any atom is 0.301 e. The summed E-state index contributed by atoms with van der Waals surface area (Å²) in [4.78, 5) is 32.4. The number of benzene rings is 3. The average molecular weight is 511 g/mol. The van der Waals surface area contributed by atoms with E-state index in [1.165, 1.54) is 16.2 Å². The molecule has 1 atom stereocenters. The lowest BCUT2D eigenvalue weighted by Gasteiger charge is -2.23. The number of carbonyl (C=O) groups is 2. The quantitative estimate of drug-likeness (QED) is 0.199. The van der Waals surface area contributed by atoms with E-state index in [2.05, 4.69) is 4.98 Å². The molecule has 1 aliphatic heterocycles. The highest BCUT2D eigenvalue weighted by molar-refractivity contribution is 7.22. The van der Waals surface area contributed by atoms with Gasteiger partial charge in [-0.1, -0.05) is 46.7 Å². The molecule has 4 aromatic rings. The molecular weight excluding hydrogens is 495 g/mol. The van der Waals surface area contributed by atoms with Crippen molar-refractivity contribution in [3.63, 3.8) is 0 Å². The predicted octanol–water partition coefficient (Wildman–Crippen LogP) is 6.24. The maximum absolute atomic E-state index is 13.3. The summed E-state index contributed by atoms with van der Waals surface area (Å²) >= 11 is 13.3. The Balaban J connectivity index is 1.71. The van der Waals surface area contributed by atoms with Gasteiger partial charge in [-0.2, -0.15) is 0 Å². The van der Waals surface area contributed by atoms with Crippen molar-refractivity contribution in [3.8, 4) is 5.75 Å². The minimum absolute atomic E-state index is 0.0357. The fraction of sp³-hybridized carbons (Fsp3) is 0.0800. The third-order valence-electron chi connectivity index (χ3n) is 5.54. The topological polar surface area (TPSA) is 79.7 Å². The Labute approximate surface area is 208 Å². The van der Waals surface area contributed by atoms with Gasteiger partial charge in [0.1, 0.15) is 11.5 Å². The van der Waals surface area contributed by atoms with E-state index in [9.17, 15) is 14.7 Å². The van der Waals surface area contributed by atoms with Crippen LogP contribution in [0.15, 0.2) is 72.3 Å². The number of ether oxygens (including phenoxy) is 1. The van der Waals surface area contributed by atoms with Crippen LogP contribution in [-0.2, 0) is 9.59 Å². The monoisotopic (exact) mass is 510 g/mol. The number of Topliss-reactive ketones (excluding diaryl/α,β-unsaturated/α-hetero) is 1. The van der Waals surface area contributed by atoms with Gasteiger partial charge < -0.3 is 9.84 Å². The van der Waals surface area contributed by atoms with E-state index >= 15 is 0 Å². The Bertz CT molecular complexity index is 1460. The van der Waals surface area contributed by atoms with Crippen molar-refractivity contribution in [2.24, 2.45) is 0 Å². The fourth-order valence-corrected chi connectivity index (χ4v) is 5.15. The van der Waals surface area contributed by atoms with Crippen LogP contribution in [0.3, 0.4) is 0 Å². The number of hydrogen-bond donors (Lipinski definition) is 1. The molecule has 1 N–H and O–H groups in total. The standard InChI is InChI=1S/C25H16Cl2N2O4S/c1-33-17-10-11-18-19(12-17)34-25(28-18)29-21(13-2-6-15(26)7-3-13)20(23(31)24(29)32)22(30)14-4-8-16(27)9-5-14/h2-12,21,30H,1H3/b22-20+/t21-/m1/s1. The molecule has 0 bridgehead atoms. The van der Waals surface area contributed by atoms with Crippen LogP contribution in [-0.4, -0.2) is 28.9 Å². The molecule has 1 fully saturated rings. The number of carbonyl (C=O) groups excluding carboxylic acids is 2. The normalized spacial score (nSPS) is 17.5. The number of ketones is 1. The zero-order valence-corrected chi connectivity index (χ0v) is 20.0. The SMILES string of the molecule is COc1ccc2nc(N3C(=O)C(=O)/C(=C(/O)c4ccc(Cl)cc4)[C@H]3c3ccc(Cl)cc3)sc2c1. The molecule has 1 aromatic heterocycles. The van der Waals surface area contributed by atoms with Gasteiger partial charge in [-0.05, 0) is 60.2 Å². The van der Waals surface area contributed by atoms with E-state index in [0.29, 0.717) is 37.6 Å². The summed E-state index contributed by atoms with van der Waals surface area (Å²) in [6, 6.07) is 17.7. The second kappa shape index (κ2) is 8.76. The van der Waals surface area contributed by atoms with Gasteiger partial charge in [0, 0.05) is 15.6 Å². The number of fused-ring (bicyclic) bond motifs is 1. The van der Waals surface area contributed by atoms with E-state index < -0.39 is 17.7 Å². The number of aliphatic hydroxyl groups excluding tert-OH is 1. The minimum Gasteiger partial charge on any atom is -0.507 e. The molecule has 0 unspecified atom stereocenters. The first-order valence-electron chi connectivity index (χ1n) is 10.1.